The third-order valence-corrected chi connectivity index (χ3v) is 6.44. The average Bonchev–Trinajstić information content (AvgIpc) is 3.01. The molecule has 0 spiro atoms. The summed E-state index contributed by atoms with van der Waals surface area (Å²) < 4.78 is 31.0. The minimum Gasteiger partial charge on any atom is -0.466 e. The molecule has 0 aliphatic heterocycles. The first-order valence-electron chi connectivity index (χ1n) is 15.9. The zero-order chi connectivity index (χ0) is 34.0. The third kappa shape index (κ3) is 18.7. The highest BCUT2D eigenvalue weighted by Crippen LogP contribution is 2.20. The predicted molar refractivity (Wildman–Crippen MR) is 164 cm³/mol. The fourth-order valence-electron chi connectivity index (χ4n) is 3.50. The molecule has 0 amide bonds. The average molecular weight is 641 g/mol. The summed E-state index contributed by atoms with van der Waals surface area (Å²) in [5.41, 5.74) is -0.394. The number of hydrogen-bond donors (Lipinski definition) is 0. The van der Waals surface area contributed by atoms with Crippen LogP contribution in [0.3, 0.4) is 0 Å². The topological polar surface area (TPSA) is 158 Å². The van der Waals surface area contributed by atoms with Gasteiger partial charge in [0.05, 0.1) is 64.3 Å². The molecular formula is C33H52O12. The number of esters is 6. The first-order valence-corrected chi connectivity index (χ1v) is 15.9. The van der Waals surface area contributed by atoms with Gasteiger partial charge in [0.1, 0.15) is 0 Å². The van der Waals surface area contributed by atoms with E-state index >= 15 is 0 Å². The first-order chi connectivity index (χ1) is 21.5. The van der Waals surface area contributed by atoms with Gasteiger partial charge < -0.3 is 28.4 Å². The molecule has 0 heterocycles. The maximum atomic E-state index is 12.6. The lowest BCUT2D eigenvalue weighted by Crippen LogP contribution is -2.28. The van der Waals surface area contributed by atoms with E-state index in [1.807, 2.05) is 27.7 Å². The fraction of sp³-hybridized carbons (Fsp3) is 0.697. The Hall–Kier alpha value is -3.70. The summed E-state index contributed by atoms with van der Waals surface area (Å²) in [6.45, 7) is 15.3. The lowest BCUT2D eigenvalue weighted by Gasteiger charge is -2.18. The highest BCUT2D eigenvalue weighted by atomic mass is 16.6. The number of unbranched alkanes of at least 4 members (excludes halogenated alkanes) is 4. The van der Waals surface area contributed by atoms with Crippen molar-refractivity contribution in [2.45, 2.75) is 98.3 Å². The van der Waals surface area contributed by atoms with Crippen LogP contribution in [0.5, 0.6) is 0 Å². The van der Waals surface area contributed by atoms with Gasteiger partial charge in [-0.05, 0) is 25.7 Å². The van der Waals surface area contributed by atoms with Crippen LogP contribution in [0.1, 0.15) is 98.3 Å². The van der Waals surface area contributed by atoms with E-state index in [-0.39, 0.29) is 57.2 Å². The predicted octanol–water partition coefficient (Wildman–Crippen LogP) is 4.96. The van der Waals surface area contributed by atoms with Crippen LogP contribution in [0.4, 0.5) is 0 Å². The highest BCUT2D eigenvalue weighted by molar-refractivity contribution is 5.97. The van der Waals surface area contributed by atoms with E-state index in [0.717, 1.165) is 25.7 Å². The molecule has 0 aromatic carbocycles. The van der Waals surface area contributed by atoms with E-state index in [1.54, 1.807) is 0 Å². The Morgan fingerprint density at radius 1 is 0.444 bits per heavy atom. The van der Waals surface area contributed by atoms with Crippen LogP contribution in [0, 0.1) is 11.8 Å². The van der Waals surface area contributed by atoms with Crippen molar-refractivity contribution in [1.82, 2.24) is 0 Å². The van der Waals surface area contributed by atoms with Gasteiger partial charge in [0.15, 0.2) is 0 Å². The van der Waals surface area contributed by atoms with Crippen LogP contribution in [0.25, 0.3) is 0 Å². The number of ether oxygens (including phenoxy) is 6. The Kier molecular flexibility index (Phi) is 23.5. The van der Waals surface area contributed by atoms with Gasteiger partial charge >= 0.3 is 35.8 Å². The van der Waals surface area contributed by atoms with Crippen molar-refractivity contribution in [2.75, 3.05) is 39.6 Å². The molecule has 0 bridgehead atoms. The second-order valence-electron chi connectivity index (χ2n) is 10.4. The van der Waals surface area contributed by atoms with E-state index in [2.05, 4.69) is 13.2 Å². The maximum absolute atomic E-state index is 12.6. The Balaban J connectivity index is 4.98. The summed E-state index contributed by atoms with van der Waals surface area (Å²) in [6.07, 6.45) is 4.84. The SMILES string of the molecule is C=C(C(=O)OCCCC)C(CC(=O)OCCCOC(=O)CC(C(=C)C(=O)OCCCC)C(=O)OCCCC)C(=O)OCCCC. The van der Waals surface area contributed by atoms with Gasteiger partial charge in [-0.1, -0.05) is 66.5 Å². The van der Waals surface area contributed by atoms with Gasteiger partial charge in [-0.15, -0.1) is 0 Å². The molecule has 0 aromatic heterocycles. The molecule has 0 fully saturated rings. The van der Waals surface area contributed by atoms with E-state index in [0.29, 0.717) is 25.7 Å². The second kappa shape index (κ2) is 25.6. The molecule has 0 saturated carbocycles. The Labute approximate surface area is 267 Å². The minimum atomic E-state index is -1.27. The molecule has 0 radical (unpaired) electrons. The molecule has 2 atom stereocenters. The smallest absolute Gasteiger partial charge is 0.334 e. The molecule has 0 aliphatic carbocycles. The van der Waals surface area contributed by atoms with E-state index in [4.69, 9.17) is 28.4 Å². The molecule has 256 valence electrons. The first kappa shape index (κ1) is 41.3. The number of rotatable bonds is 26. The summed E-state index contributed by atoms with van der Waals surface area (Å²) >= 11 is 0. The Morgan fingerprint density at radius 2 is 0.733 bits per heavy atom. The summed E-state index contributed by atoms with van der Waals surface area (Å²) in [5, 5.41) is 0. The number of hydrogen-bond acceptors (Lipinski definition) is 12. The molecule has 45 heavy (non-hydrogen) atoms. The molecular weight excluding hydrogens is 588 g/mol. The summed E-state index contributed by atoms with van der Waals surface area (Å²) in [5.74, 6) is -7.22. The van der Waals surface area contributed by atoms with Gasteiger partial charge in [0, 0.05) is 17.6 Å². The van der Waals surface area contributed by atoms with Crippen molar-refractivity contribution < 1.29 is 57.2 Å². The lowest BCUT2D eigenvalue weighted by molar-refractivity contribution is -0.157. The maximum Gasteiger partial charge on any atom is 0.334 e. The monoisotopic (exact) mass is 640 g/mol. The number of carbonyl (C=O) groups excluding carboxylic acids is 6. The van der Waals surface area contributed by atoms with Crippen molar-refractivity contribution in [1.29, 1.82) is 0 Å². The molecule has 0 aromatic rings. The second-order valence-corrected chi connectivity index (χ2v) is 10.4. The zero-order valence-corrected chi connectivity index (χ0v) is 27.5. The number of carbonyl (C=O) groups is 6. The van der Waals surface area contributed by atoms with Crippen molar-refractivity contribution >= 4 is 35.8 Å². The molecule has 0 N–H and O–H groups in total. The van der Waals surface area contributed by atoms with E-state index in [9.17, 15) is 28.8 Å². The van der Waals surface area contributed by atoms with Crippen LogP contribution >= 0.6 is 0 Å². The van der Waals surface area contributed by atoms with E-state index < -0.39 is 60.5 Å². The molecule has 0 aliphatic rings. The van der Waals surface area contributed by atoms with Crippen LogP contribution in [0.15, 0.2) is 24.3 Å². The van der Waals surface area contributed by atoms with Gasteiger partial charge in [-0.3, -0.25) is 19.2 Å². The van der Waals surface area contributed by atoms with Crippen molar-refractivity contribution in [3.05, 3.63) is 24.3 Å². The molecule has 0 rings (SSSR count). The molecule has 2 unspecified atom stereocenters. The van der Waals surface area contributed by atoms with Crippen LogP contribution in [0.2, 0.25) is 0 Å². The normalized spacial score (nSPS) is 11.8. The minimum absolute atomic E-state index is 0.106. The van der Waals surface area contributed by atoms with Crippen molar-refractivity contribution in [2.24, 2.45) is 11.8 Å². The lowest BCUT2D eigenvalue weighted by atomic mass is 9.97. The van der Waals surface area contributed by atoms with Gasteiger partial charge in [0.2, 0.25) is 0 Å². The van der Waals surface area contributed by atoms with Gasteiger partial charge in [0.25, 0.3) is 0 Å². The third-order valence-electron chi connectivity index (χ3n) is 6.44. The molecule has 0 saturated heterocycles. The molecule has 12 nitrogen and oxygen atoms in total. The van der Waals surface area contributed by atoms with Crippen molar-refractivity contribution in [3.8, 4) is 0 Å². The largest absolute Gasteiger partial charge is 0.466 e. The quantitative estimate of drug-likeness (QED) is 0.0542. The van der Waals surface area contributed by atoms with Crippen LogP contribution < -0.4 is 0 Å². The highest BCUT2D eigenvalue weighted by Gasteiger charge is 2.33. The zero-order valence-electron chi connectivity index (χ0n) is 27.5. The Bertz CT molecular complexity index is 895. The van der Waals surface area contributed by atoms with Crippen LogP contribution in [-0.2, 0) is 57.2 Å². The van der Waals surface area contributed by atoms with Crippen molar-refractivity contribution in [3.63, 3.8) is 0 Å². The summed E-state index contributed by atoms with van der Waals surface area (Å²) in [6, 6.07) is 0. The van der Waals surface area contributed by atoms with E-state index in [1.165, 1.54) is 0 Å². The summed E-state index contributed by atoms with van der Waals surface area (Å²) in [7, 11) is 0. The van der Waals surface area contributed by atoms with Crippen LogP contribution in [-0.4, -0.2) is 75.5 Å². The standard InChI is InChI=1S/C33H52O12/c1-7-11-16-42-30(36)24(5)26(32(38)44-18-13-9-3)22-28(34)40-20-15-21-41-29(35)23-27(33(39)45-19-14-10-4)25(6)31(37)43-17-12-8-2/h26-27H,5-23H2,1-4H3. The Morgan fingerprint density at radius 3 is 1.04 bits per heavy atom. The van der Waals surface area contributed by atoms with Gasteiger partial charge in [-0.25, -0.2) is 9.59 Å². The fourth-order valence-corrected chi connectivity index (χ4v) is 3.50. The summed E-state index contributed by atoms with van der Waals surface area (Å²) in [4.78, 5) is 75.0. The van der Waals surface area contributed by atoms with Gasteiger partial charge in [-0.2, -0.15) is 0 Å². The molecule has 12 heteroatoms.